The lowest BCUT2D eigenvalue weighted by Crippen LogP contribution is -2.07. The van der Waals surface area contributed by atoms with Crippen molar-refractivity contribution in [2.24, 2.45) is 0 Å². The molecule has 2 atom stereocenters. The Balaban J connectivity index is 0.00000181. The Labute approximate surface area is 237 Å². The van der Waals surface area contributed by atoms with Crippen molar-refractivity contribution in [1.82, 2.24) is 19.9 Å². The van der Waals surface area contributed by atoms with Crippen LogP contribution in [0.15, 0.2) is 24.8 Å². The Morgan fingerprint density at radius 1 is 0.975 bits per heavy atom. The van der Waals surface area contributed by atoms with Crippen molar-refractivity contribution in [3.63, 3.8) is 0 Å². The molecule has 8 bridgehead atoms. The van der Waals surface area contributed by atoms with Crippen LogP contribution < -0.4 is 0 Å². The molecule has 2 aliphatic rings. The smallest absolute Gasteiger partial charge is 0.303 e. The Bertz CT molecular complexity index is 1670. The van der Waals surface area contributed by atoms with Gasteiger partial charge in [0.2, 0.25) is 0 Å². The Hall–Kier alpha value is -3.93. The van der Waals surface area contributed by atoms with Crippen LogP contribution in [-0.4, -0.2) is 31.0 Å². The third kappa shape index (κ3) is 5.15. The molecule has 3 N–H and O–H groups in total. The first-order chi connectivity index (χ1) is 19.1. The highest BCUT2D eigenvalue weighted by Gasteiger charge is 2.31. The molecule has 3 aromatic rings. The summed E-state index contributed by atoms with van der Waals surface area (Å²) in [4.78, 5) is 28.9. The van der Waals surface area contributed by atoms with E-state index in [1.807, 2.05) is 19.9 Å². The number of rotatable bonds is 5. The van der Waals surface area contributed by atoms with Gasteiger partial charge >= 0.3 is 5.97 Å². The number of hydrogen-bond acceptors (Lipinski definition) is 3. The van der Waals surface area contributed by atoms with Crippen LogP contribution in [0.25, 0.3) is 39.8 Å². The van der Waals surface area contributed by atoms with E-state index in [1.54, 1.807) is 0 Å². The van der Waals surface area contributed by atoms with Crippen molar-refractivity contribution < 1.29 is 9.90 Å². The van der Waals surface area contributed by atoms with Gasteiger partial charge in [-0.15, -0.1) is 0 Å². The Kier molecular flexibility index (Phi) is 8.48. The van der Waals surface area contributed by atoms with Gasteiger partial charge in [-0.05, 0) is 92.6 Å². The second-order valence-electron chi connectivity index (χ2n) is 10.6. The summed E-state index contributed by atoms with van der Waals surface area (Å²) in [6, 6.07) is 6.44. The van der Waals surface area contributed by atoms with Crippen molar-refractivity contribution in [2.45, 2.75) is 86.5 Å². The topological polar surface area (TPSA) is 94.7 Å². The fraction of sp³-hybridized carbons (Fsp3) is 0.382. The predicted octanol–water partition coefficient (Wildman–Crippen LogP) is 8.78. The van der Waals surface area contributed by atoms with Crippen LogP contribution in [0.4, 0.5) is 0 Å². The van der Waals surface area contributed by atoms with E-state index in [4.69, 9.17) is 9.97 Å². The van der Waals surface area contributed by atoms with Crippen molar-refractivity contribution in [3.05, 3.63) is 75.4 Å². The van der Waals surface area contributed by atoms with Crippen LogP contribution in [0.5, 0.6) is 0 Å². The van der Waals surface area contributed by atoms with Crippen LogP contribution in [0.2, 0.25) is 0 Å². The van der Waals surface area contributed by atoms with E-state index < -0.39 is 5.97 Å². The highest BCUT2D eigenvalue weighted by molar-refractivity contribution is 5.86. The van der Waals surface area contributed by atoms with Crippen molar-refractivity contribution in [2.75, 3.05) is 0 Å². The summed E-state index contributed by atoms with van der Waals surface area (Å²) in [5.41, 5.74) is 14.7. The van der Waals surface area contributed by atoms with Crippen LogP contribution in [0.1, 0.15) is 110 Å². The molecule has 0 saturated heterocycles. The molecule has 5 rings (SSSR count). The molecule has 0 aliphatic carbocycles. The quantitative estimate of drug-likeness (QED) is 0.302. The maximum atomic E-state index is 11.5. The number of fused-ring (bicyclic) bond motifs is 8. The largest absolute Gasteiger partial charge is 0.481 e. The van der Waals surface area contributed by atoms with Gasteiger partial charge in [-0.1, -0.05) is 40.3 Å². The average Bonchev–Trinajstić information content (AvgIpc) is 3.63. The Morgan fingerprint density at radius 3 is 2.30 bits per heavy atom. The standard InChI is InChI=1S/C32H36N4O2.C2H6/c1-8-21-18(5)27-15-30-22(9-2)17(4)26(34-30)14-28-19(6)23(10-11-31(37)38)32(36-28)20(7)25-12-16(3)24(33-25)13-29(21)35-27;1-2/h9,12-15,19,23,34-35H,2,8,10-11H2,1,3-7H3,(H,37,38);1-2H3/t19-,23-;/m0./s1. The monoisotopic (exact) mass is 538 g/mol. The molecule has 0 unspecified atom stereocenters. The van der Waals surface area contributed by atoms with E-state index in [0.717, 1.165) is 73.5 Å². The SMILES string of the molecule is C=Cc1c(C)c2cc3nc(c(C)c4nc(cc5[nH]c(cc1[nH]2)c(C)c5CC)C(C)=C4)[C@@H](CCC(=O)O)[C@@H]3C.CC. The molecular formula is C34H42N4O2. The van der Waals surface area contributed by atoms with Crippen LogP contribution in [0, 0.1) is 20.8 Å². The van der Waals surface area contributed by atoms with Crippen molar-refractivity contribution in [1.29, 1.82) is 0 Å². The van der Waals surface area contributed by atoms with Gasteiger partial charge in [-0.2, -0.15) is 0 Å². The van der Waals surface area contributed by atoms with Crippen LogP contribution in [-0.2, 0) is 11.2 Å². The summed E-state index contributed by atoms with van der Waals surface area (Å²) in [6.45, 7) is 20.8. The number of nitrogens with zero attached hydrogens (tertiary/aromatic N) is 2. The summed E-state index contributed by atoms with van der Waals surface area (Å²) in [5.74, 6) is -0.691. The molecule has 0 amide bonds. The van der Waals surface area contributed by atoms with Gasteiger partial charge in [0.15, 0.2) is 0 Å². The van der Waals surface area contributed by atoms with Gasteiger partial charge in [0.05, 0.1) is 11.4 Å². The van der Waals surface area contributed by atoms with E-state index in [9.17, 15) is 9.90 Å². The van der Waals surface area contributed by atoms with Crippen molar-refractivity contribution >= 4 is 45.8 Å². The molecule has 0 radical (unpaired) electrons. The minimum atomic E-state index is -0.785. The number of carbonyl (C=O) groups is 1. The van der Waals surface area contributed by atoms with E-state index in [0.29, 0.717) is 6.42 Å². The van der Waals surface area contributed by atoms with E-state index in [2.05, 4.69) is 82.4 Å². The third-order valence-corrected chi connectivity index (χ3v) is 8.34. The van der Waals surface area contributed by atoms with Gasteiger partial charge in [-0.25, -0.2) is 4.98 Å². The molecule has 3 aromatic heterocycles. The third-order valence-electron chi connectivity index (χ3n) is 8.34. The minimum Gasteiger partial charge on any atom is -0.481 e. The molecule has 2 aliphatic heterocycles. The first kappa shape index (κ1) is 29.1. The fourth-order valence-electron chi connectivity index (χ4n) is 5.96. The Morgan fingerprint density at radius 2 is 1.65 bits per heavy atom. The predicted molar refractivity (Wildman–Crippen MR) is 168 cm³/mol. The molecule has 0 spiro atoms. The number of aryl methyl sites for hydroxylation is 3. The molecule has 0 aromatic carbocycles. The molecule has 40 heavy (non-hydrogen) atoms. The second kappa shape index (κ2) is 11.7. The molecule has 0 fully saturated rings. The van der Waals surface area contributed by atoms with Crippen LogP contribution >= 0.6 is 0 Å². The minimum absolute atomic E-state index is 0.0116. The molecule has 5 heterocycles. The normalized spacial score (nSPS) is 16.2. The summed E-state index contributed by atoms with van der Waals surface area (Å²) in [5, 5.41) is 9.43. The summed E-state index contributed by atoms with van der Waals surface area (Å²) in [7, 11) is 0. The lowest BCUT2D eigenvalue weighted by atomic mass is 9.86. The van der Waals surface area contributed by atoms with Gasteiger partial charge in [0.1, 0.15) is 0 Å². The van der Waals surface area contributed by atoms with Gasteiger partial charge < -0.3 is 15.1 Å². The van der Waals surface area contributed by atoms with E-state index in [-0.39, 0.29) is 18.3 Å². The number of aromatic nitrogens is 4. The van der Waals surface area contributed by atoms with Crippen molar-refractivity contribution in [3.8, 4) is 0 Å². The number of aliphatic carboxylic acids is 1. The number of carboxylic acids is 1. The van der Waals surface area contributed by atoms with Gasteiger partial charge in [0.25, 0.3) is 0 Å². The van der Waals surface area contributed by atoms with Gasteiger partial charge in [0, 0.05) is 57.3 Å². The number of allylic oxidation sites excluding steroid dienone is 1. The number of nitrogens with one attached hydrogen (secondary N) is 2. The highest BCUT2D eigenvalue weighted by Crippen LogP contribution is 2.42. The number of aromatic amines is 2. The highest BCUT2D eigenvalue weighted by atomic mass is 16.4. The molecule has 0 saturated carbocycles. The zero-order valence-corrected chi connectivity index (χ0v) is 25.1. The molecule has 6 heteroatoms. The average molecular weight is 539 g/mol. The number of carboxylic acid groups (broad SMARTS) is 1. The fourth-order valence-corrected chi connectivity index (χ4v) is 5.96. The van der Waals surface area contributed by atoms with E-state index >= 15 is 0 Å². The summed E-state index contributed by atoms with van der Waals surface area (Å²) in [6.07, 6.45) is 5.58. The summed E-state index contributed by atoms with van der Waals surface area (Å²) >= 11 is 0. The lowest BCUT2D eigenvalue weighted by molar-refractivity contribution is -0.137. The lowest BCUT2D eigenvalue weighted by Gasteiger charge is -2.16. The van der Waals surface area contributed by atoms with Gasteiger partial charge in [-0.3, -0.25) is 9.78 Å². The maximum absolute atomic E-state index is 11.5. The maximum Gasteiger partial charge on any atom is 0.303 e. The number of hydrogen-bond donors (Lipinski definition) is 3. The van der Waals surface area contributed by atoms with Crippen LogP contribution in [0.3, 0.4) is 0 Å². The number of H-pyrrole nitrogens is 2. The first-order valence-corrected chi connectivity index (χ1v) is 14.4. The molecular weight excluding hydrogens is 496 g/mol. The molecule has 6 nitrogen and oxygen atoms in total. The van der Waals surface area contributed by atoms with E-state index in [1.165, 1.54) is 11.1 Å². The molecule has 210 valence electrons. The zero-order chi connectivity index (χ0) is 29.3. The zero-order valence-electron chi connectivity index (χ0n) is 25.1. The first-order valence-electron chi connectivity index (χ1n) is 14.4. The second-order valence-corrected chi connectivity index (χ2v) is 10.6. The summed E-state index contributed by atoms with van der Waals surface area (Å²) < 4.78 is 0.